The number of amides is 2. The SMILES string of the molecule is CC[C@@H](Oc1ccccc1)C(=O)N[C@@H]1C(=O)N2[C@@H]1SC(C)(C)[C@@H]2C(=O)O. The molecule has 0 aromatic heterocycles. The summed E-state index contributed by atoms with van der Waals surface area (Å²) in [7, 11) is 0. The van der Waals surface area contributed by atoms with Crippen LogP contribution in [0.4, 0.5) is 0 Å². The van der Waals surface area contributed by atoms with Gasteiger partial charge in [0.25, 0.3) is 5.91 Å². The van der Waals surface area contributed by atoms with E-state index in [-0.39, 0.29) is 17.2 Å². The van der Waals surface area contributed by atoms with Crippen LogP contribution in [0.3, 0.4) is 0 Å². The Hall–Kier alpha value is -2.22. The van der Waals surface area contributed by atoms with Crippen molar-refractivity contribution in [1.82, 2.24) is 10.2 Å². The van der Waals surface area contributed by atoms with Crippen molar-refractivity contribution in [3.63, 3.8) is 0 Å². The molecule has 8 heteroatoms. The average Bonchev–Trinajstić information content (AvgIpc) is 2.86. The number of carbonyl (C=O) groups is 3. The fourth-order valence-corrected chi connectivity index (χ4v) is 5.00. The van der Waals surface area contributed by atoms with Gasteiger partial charge in [-0.15, -0.1) is 11.8 Å². The number of hydrogen-bond acceptors (Lipinski definition) is 5. The third-order valence-corrected chi connectivity index (χ3v) is 6.23. The Balaban J connectivity index is 1.67. The lowest BCUT2D eigenvalue weighted by molar-refractivity contribution is -0.161. The van der Waals surface area contributed by atoms with Crippen LogP contribution >= 0.6 is 11.8 Å². The molecule has 2 saturated heterocycles. The first-order valence-electron chi connectivity index (χ1n) is 8.51. The summed E-state index contributed by atoms with van der Waals surface area (Å²) in [5.74, 6) is -1.17. The Labute approximate surface area is 156 Å². The van der Waals surface area contributed by atoms with Gasteiger partial charge < -0.3 is 20.1 Å². The highest BCUT2D eigenvalue weighted by atomic mass is 32.2. The van der Waals surface area contributed by atoms with Crippen LogP contribution in [0.2, 0.25) is 0 Å². The van der Waals surface area contributed by atoms with E-state index in [2.05, 4.69) is 5.32 Å². The summed E-state index contributed by atoms with van der Waals surface area (Å²) in [5.41, 5.74) is 0. The van der Waals surface area contributed by atoms with Gasteiger partial charge >= 0.3 is 5.97 Å². The van der Waals surface area contributed by atoms with Crippen LogP contribution in [0, 0.1) is 0 Å². The van der Waals surface area contributed by atoms with Crippen molar-refractivity contribution in [2.75, 3.05) is 0 Å². The van der Waals surface area contributed by atoms with E-state index in [9.17, 15) is 19.5 Å². The van der Waals surface area contributed by atoms with Gasteiger partial charge in [0.15, 0.2) is 6.10 Å². The summed E-state index contributed by atoms with van der Waals surface area (Å²) < 4.78 is 5.09. The highest BCUT2D eigenvalue weighted by molar-refractivity contribution is 8.01. The number of carboxylic acids is 1. The molecule has 1 aromatic rings. The van der Waals surface area contributed by atoms with E-state index in [1.807, 2.05) is 25.1 Å². The lowest BCUT2D eigenvalue weighted by Gasteiger charge is -2.43. The number of nitrogens with one attached hydrogen (secondary N) is 1. The molecule has 3 rings (SSSR count). The van der Waals surface area contributed by atoms with Crippen molar-refractivity contribution in [2.24, 2.45) is 0 Å². The molecule has 140 valence electrons. The van der Waals surface area contributed by atoms with Crippen LogP contribution in [0.5, 0.6) is 5.75 Å². The van der Waals surface area contributed by atoms with Crippen LogP contribution in [0.25, 0.3) is 0 Å². The number of hydrogen-bond donors (Lipinski definition) is 2. The molecule has 2 heterocycles. The number of benzene rings is 1. The third-order valence-electron chi connectivity index (χ3n) is 4.66. The zero-order valence-corrected chi connectivity index (χ0v) is 15.7. The molecule has 2 aliphatic heterocycles. The second-order valence-corrected chi connectivity index (χ2v) is 8.68. The summed E-state index contributed by atoms with van der Waals surface area (Å²) in [4.78, 5) is 37.9. The highest BCUT2D eigenvalue weighted by Crippen LogP contribution is 2.50. The normalized spacial score (nSPS) is 27.3. The molecule has 2 amide bonds. The number of rotatable bonds is 6. The minimum absolute atomic E-state index is 0.358. The van der Waals surface area contributed by atoms with Gasteiger partial charge in [0, 0.05) is 4.75 Å². The van der Waals surface area contributed by atoms with E-state index < -0.39 is 28.9 Å². The molecule has 0 aliphatic carbocycles. The van der Waals surface area contributed by atoms with Crippen LogP contribution in [-0.2, 0) is 14.4 Å². The molecule has 4 atom stereocenters. The molecule has 0 bridgehead atoms. The molecule has 1 aromatic carbocycles. The Kier molecular flexibility index (Phi) is 4.88. The summed E-state index contributed by atoms with van der Waals surface area (Å²) in [6, 6.07) is 7.41. The van der Waals surface area contributed by atoms with E-state index >= 15 is 0 Å². The maximum atomic E-state index is 12.6. The first-order valence-corrected chi connectivity index (χ1v) is 9.39. The summed E-state index contributed by atoms with van der Waals surface area (Å²) in [5, 5.41) is 11.8. The first kappa shape index (κ1) is 18.6. The number of nitrogens with zero attached hydrogens (tertiary/aromatic N) is 1. The van der Waals surface area contributed by atoms with Gasteiger partial charge in [-0.1, -0.05) is 25.1 Å². The minimum Gasteiger partial charge on any atom is -0.481 e. The number of thioether (sulfide) groups is 1. The Morgan fingerprint density at radius 3 is 2.58 bits per heavy atom. The quantitative estimate of drug-likeness (QED) is 0.728. The maximum absolute atomic E-state index is 12.6. The number of carbonyl (C=O) groups excluding carboxylic acids is 2. The fourth-order valence-electron chi connectivity index (χ4n) is 3.38. The number of ether oxygens (including phenoxy) is 1. The van der Waals surface area contributed by atoms with Gasteiger partial charge in [-0.2, -0.15) is 0 Å². The molecule has 0 saturated carbocycles. The first-order chi connectivity index (χ1) is 12.3. The van der Waals surface area contributed by atoms with Crippen molar-refractivity contribution in [3.05, 3.63) is 30.3 Å². The molecule has 2 aliphatic rings. The van der Waals surface area contributed by atoms with Gasteiger partial charge in [-0.3, -0.25) is 9.59 Å². The van der Waals surface area contributed by atoms with Crippen LogP contribution in [0.1, 0.15) is 27.2 Å². The second-order valence-electron chi connectivity index (χ2n) is 6.91. The average molecular weight is 378 g/mol. The molecule has 0 radical (unpaired) electrons. The van der Waals surface area contributed by atoms with Crippen LogP contribution in [0.15, 0.2) is 30.3 Å². The highest BCUT2D eigenvalue weighted by Gasteiger charge is 2.64. The van der Waals surface area contributed by atoms with E-state index in [0.29, 0.717) is 12.2 Å². The molecule has 7 nitrogen and oxygen atoms in total. The van der Waals surface area contributed by atoms with Gasteiger partial charge in [0.1, 0.15) is 23.2 Å². The largest absolute Gasteiger partial charge is 0.481 e. The minimum atomic E-state index is -1.03. The lowest BCUT2D eigenvalue weighted by Crippen LogP contribution is -2.71. The predicted octanol–water partition coefficient (Wildman–Crippen LogP) is 1.48. The third kappa shape index (κ3) is 3.13. The monoisotopic (exact) mass is 378 g/mol. The smallest absolute Gasteiger partial charge is 0.327 e. The molecule has 2 N–H and O–H groups in total. The number of aliphatic carboxylic acids is 1. The van der Waals surface area contributed by atoms with Gasteiger partial charge in [-0.25, -0.2) is 4.79 Å². The molecule has 2 fully saturated rings. The van der Waals surface area contributed by atoms with Crippen molar-refractivity contribution in [2.45, 2.75) is 55.5 Å². The second kappa shape index (κ2) is 6.83. The number of carboxylic acid groups (broad SMARTS) is 1. The fraction of sp³-hybridized carbons (Fsp3) is 0.500. The molecule has 0 spiro atoms. The lowest BCUT2D eigenvalue weighted by atomic mass is 9.96. The van der Waals surface area contributed by atoms with Gasteiger partial charge in [-0.05, 0) is 32.4 Å². The summed E-state index contributed by atoms with van der Waals surface area (Å²) >= 11 is 1.40. The summed E-state index contributed by atoms with van der Waals surface area (Å²) in [6.07, 6.45) is -0.263. The zero-order valence-electron chi connectivity index (χ0n) is 14.8. The van der Waals surface area contributed by atoms with Crippen LogP contribution < -0.4 is 10.1 Å². The van der Waals surface area contributed by atoms with E-state index in [1.165, 1.54) is 16.7 Å². The van der Waals surface area contributed by atoms with E-state index in [4.69, 9.17) is 4.74 Å². The van der Waals surface area contributed by atoms with Crippen LogP contribution in [-0.4, -0.2) is 56.1 Å². The Bertz CT molecular complexity index is 724. The van der Waals surface area contributed by atoms with Crippen molar-refractivity contribution >= 4 is 29.5 Å². The topological polar surface area (TPSA) is 95.9 Å². The molecule has 26 heavy (non-hydrogen) atoms. The zero-order chi connectivity index (χ0) is 19.1. The van der Waals surface area contributed by atoms with Crippen molar-refractivity contribution in [1.29, 1.82) is 0 Å². The number of β-lactam (4-membered cyclic amide) rings is 1. The Morgan fingerprint density at radius 2 is 2.00 bits per heavy atom. The van der Waals surface area contributed by atoms with Crippen molar-refractivity contribution in [3.8, 4) is 5.75 Å². The van der Waals surface area contributed by atoms with Gasteiger partial charge in [0.05, 0.1) is 0 Å². The summed E-state index contributed by atoms with van der Waals surface area (Å²) in [6.45, 7) is 5.43. The van der Waals surface area contributed by atoms with Gasteiger partial charge in [0.2, 0.25) is 5.91 Å². The molecular weight excluding hydrogens is 356 g/mol. The van der Waals surface area contributed by atoms with E-state index in [1.54, 1.807) is 26.0 Å². The van der Waals surface area contributed by atoms with E-state index in [0.717, 1.165) is 0 Å². The predicted molar refractivity (Wildman–Crippen MR) is 96.8 cm³/mol. The number of para-hydroxylation sites is 1. The molecule has 0 unspecified atom stereocenters. The van der Waals surface area contributed by atoms with Crippen molar-refractivity contribution < 1.29 is 24.2 Å². The number of fused-ring (bicyclic) bond motifs is 1. The Morgan fingerprint density at radius 1 is 1.35 bits per heavy atom. The maximum Gasteiger partial charge on any atom is 0.327 e. The molecular formula is C18H22N2O5S. The standard InChI is InChI=1S/C18H22N2O5S/c1-4-11(25-10-8-6-5-7-9-10)14(21)19-12-15(22)20-13(17(23)24)18(2,3)26-16(12)20/h5-9,11-13,16H,4H2,1-3H3,(H,19,21)(H,23,24)/t11-,12-,13+,16-/m1/s1.